The van der Waals surface area contributed by atoms with Crippen LogP contribution in [-0.2, 0) is 30.3 Å². The van der Waals surface area contributed by atoms with E-state index < -0.39 is 35.9 Å². The fraction of sp³-hybridized carbons (Fsp3) is 0.474. The minimum Gasteiger partial charge on any atom is -0.508 e. The van der Waals surface area contributed by atoms with Gasteiger partial charge in [-0.2, -0.15) is 0 Å². The Bertz CT molecular complexity index is 1620. The Morgan fingerprint density at radius 2 is 1.69 bits per heavy atom. The maximum Gasteiger partial charge on any atom is 0.308 e. The molecule has 0 saturated heterocycles. The number of aromatic amines is 1. The van der Waals surface area contributed by atoms with Gasteiger partial charge in [0.2, 0.25) is 17.7 Å². The quantitative estimate of drug-likeness (QED) is 0.136. The number of unbranched alkanes of at least 4 members (excludes halogenated alkanes) is 1. The smallest absolute Gasteiger partial charge is 0.308 e. The number of rotatable bonds is 7. The summed E-state index contributed by atoms with van der Waals surface area (Å²) in [6.45, 7) is 6.09. The molecule has 5 atom stereocenters. The SMILES string of the molecule is C/C1=C\CC[C@H](C)OC(=O)C[C@H](c2ccc(O)cc2)NC(=O)C(Cc2c[nH]c3ccccc23)N(C)C(=O)[C@H](CCCCN)NC(=O)[C@@H](C)C1. The molecule has 3 aromatic rings. The topological polar surface area (TPSA) is 167 Å². The van der Waals surface area contributed by atoms with Crippen LogP contribution in [0.2, 0.25) is 0 Å². The summed E-state index contributed by atoms with van der Waals surface area (Å²) in [6.07, 6.45) is 6.97. The second-order valence-corrected chi connectivity index (χ2v) is 13.3. The zero-order valence-electron chi connectivity index (χ0n) is 29.0. The molecule has 4 rings (SSSR count). The average molecular weight is 674 g/mol. The van der Waals surface area contributed by atoms with E-state index in [1.807, 2.05) is 51.2 Å². The minimum absolute atomic E-state index is 0.0466. The van der Waals surface area contributed by atoms with Gasteiger partial charge in [-0.25, -0.2) is 0 Å². The molecule has 0 spiro atoms. The number of cyclic esters (lactones) is 1. The molecule has 6 N–H and O–H groups in total. The van der Waals surface area contributed by atoms with Gasteiger partial charge in [-0.3, -0.25) is 19.2 Å². The highest BCUT2D eigenvalue weighted by atomic mass is 16.5. The van der Waals surface area contributed by atoms with E-state index in [2.05, 4.69) is 21.7 Å². The molecule has 0 aliphatic carbocycles. The number of phenols is 1. The molecular weight excluding hydrogens is 622 g/mol. The molecule has 1 aliphatic rings. The molecule has 11 nitrogen and oxygen atoms in total. The zero-order valence-corrected chi connectivity index (χ0v) is 29.0. The van der Waals surface area contributed by atoms with Crippen LogP contribution < -0.4 is 16.4 Å². The molecule has 0 fully saturated rings. The summed E-state index contributed by atoms with van der Waals surface area (Å²) in [5.41, 5.74) is 9.12. The summed E-state index contributed by atoms with van der Waals surface area (Å²) in [5, 5.41) is 16.9. The van der Waals surface area contributed by atoms with Crippen LogP contribution in [0.25, 0.3) is 10.9 Å². The van der Waals surface area contributed by atoms with E-state index in [0.717, 1.165) is 22.0 Å². The number of H-pyrrole nitrogens is 1. The summed E-state index contributed by atoms with van der Waals surface area (Å²) in [4.78, 5) is 60.0. The normalized spacial score (nSPS) is 25.0. The number of likely N-dealkylation sites (N-methyl/N-ethyl adjacent to an activating group) is 1. The van der Waals surface area contributed by atoms with E-state index >= 15 is 0 Å². The second-order valence-electron chi connectivity index (χ2n) is 13.3. The Morgan fingerprint density at radius 3 is 2.43 bits per heavy atom. The summed E-state index contributed by atoms with van der Waals surface area (Å²) in [7, 11) is 1.58. The number of para-hydroxylation sites is 1. The van der Waals surface area contributed by atoms with E-state index in [9.17, 15) is 24.3 Å². The van der Waals surface area contributed by atoms with Crippen LogP contribution in [0.4, 0.5) is 0 Å². The van der Waals surface area contributed by atoms with E-state index in [-0.39, 0.29) is 36.5 Å². The first-order valence-corrected chi connectivity index (χ1v) is 17.2. The van der Waals surface area contributed by atoms with Crippen molar-refractivity contribution in [3.8, 4) is 5.75 Å². The number of benzene rings is 2. The number of carbonyl (C=O) groups excluding carboxylic acids is 4. The highest BCUT2D eigenvalue weighted by molar-refractivity contribution is 5.93. The van der Waals surface area contributed by atoms with Crippen molar-refractivity contribution >= 4 is 34.6 Å². The van der Waals surface area contributed by atoms with Crippen molar-refractivity contribution in [2.24, 2.45) is 11.7 Å². The van der Waals surface area contributed by atoms with Crippen LogP contribution in [-0.4, -0.2) is 70.5 Å². The lowest BCUT2D eigenvalue weighted by Crippen LogP contribution is -2.56. The van der Waals surface area contributed by atoms with Gasteiger partial charge in [-0.1, -0.05) is 48.9 Å². The average Bonchev–Trinajstić information content (AvgIpc) is 3.48. The van der Waals surface area contributed by atoms with E-state index in [1.165, 1.54) is 17.0 Å². The number of allylic oxidation sites excluding steroid dienone is 2. The molecule has 0 radical (unpaired) electrons. The van der Waals surface area contributed by atoms with E-state index in [4.69, 9.17) is 10.5 Å². The number of aromatic nitrogens is 1. The summed E-state index contributed by atoms with van der Waals surface area (Å²) in [5.74, 6) is -1.93. The molecule has 2 aromatic carbocycles. The van der Waals surface area contributed by atoms with Crippen LogP contribution >= 0.6 is 0 Å². The van der Waals surface area contributed by atoms with Crippen LogP contribution in [0.5, 0.6) is 5.75 Å². The zero-order chi connectivity index (χ0) is 35.5. The van der Waals surface area contributed by atoms with Crippen molar-refractivity contribution in [2.75, 3.05) is 13.6 Å². The second kappa shape index (κ2) is 17.7. The number of fused-ring (bicyclic) bond motifs is 1. The third-order valence-electron chi connectivity index (χ3n) is 9.22. The minimum atomic E-state index is -1.00. The fourth-order valence-corrected chi connectivity index (χ4v) is 6.33. The number of esters is 1. The predicted octanol–water partition coefficient (Wildman–Crippen LogP) is 4.80. The molecule has 3 amide bonds. The molecular formula is C38H51N5O6. The van der Waals surface area contributed by atoms with E-state index in [1.54, 1.807) is 19.2 Å². The molecule has 264 valence electrons. The van der Waals surface area contributed by atoms with Gasteiger partial charge in [-0.15, -0.1) is 0 Å². The Balaban J connectivity index is 1.75. The first kappa shape index (κ1) is 37.2. The summed E-state index contributed by atoms with van der Waals surface area (Å²) in [6, 6.07) is 11.3. The van der Waals surface area contributed by atoms with Crippen molar-refractivity contribution in [2.45, 2.75) is 96.4 Å². The Morgan fingerprint density at radius 1 is 0.959 bits per heavy atom. The van der Waals surface area contributed by atoms with Crippen molar-refractivity contribution < 1.29 is 29.0 Å². The lowest BCUT2D eigenvalue weighted by Gasteiger charge is -2.32. The number of nitrogens with zero attached hydrogens (tertiary/aromatic N) is 1. The van der Waals surface area contributed by atoms with E-state index in [0.29, 0.717) is 50.6 Å². The van der Waals surface area contributed by atoms with Gasteiger partial charge in [0.25, 0.3) is 0 Å². The van der Waals surface area contributed by atoms with Crippen LogP contribution in [0.3, 0.4) is 0 Å². The lowest BCUT2D eigenvalue weighted by molar-refractivity contribution is -0.149. The first-order chi connectivity index (χ1) is 23.5. The number of phenolic OH excluding ortho intramolecular Hbond substituents is 1. The standard InChI is InChI=1S/C38H51N5O6/c1-24-10-9-11-26(3)49-35(45)22-33(27-15-17-29(44)18-16-27)42-37(47)34(21-28-23-40-31-13-6-5-12-30(28)31)43(4)38(48)32(14-7-8-19-39)41-36(46)25(2)20-24/h5-6,10,12-13,15-18,23,25-26,32-34,40,44H,7-9,11,14,19-22,39H2,1-4H3,(H,41,46)(H,42,47)/b24-10+/t25-,26-,32-,33+,34?/m0/s1. The Kier molecular flexibility index (Phi) is 13.4. The predicted molar refractivity (Wildman–Crippen MR) is 189 cm³/mol. The van der Waals surface area contributed by atoms with Crippen LogP contribution in [0, 0.1) is 5.92 Å². The highest BCUT2D eigenvalue weighted by Gasteiger charge is 2.35. The Hall–Kier alpha value is -4.64. The van der Waals surface area contributed by atoms with Gasteiger partial charge >= 0.3 is 5.97 Å². The summed E-state index contributed by atoms with van der Waals surface area (Å²) < 4.78 is 5.75. The number of amides is 3. The maximum absolute atomic E-state index is 14.4. The molecule has 0 saturated carbocycles. The van der Waals surface area contributed by atoms with Crippen molar-refractivity contribution in [3.05, 3.63) is 77.5 Å². The van der Waals surface area contributed by atoms with Crippen LogP contribution in [0.15, 0.2) is 66.4 Å². The number of hydrogen-bond donors (Lipinski definition) is 5. The molecule has 2 heterocycles. The number of aromatic hydroxyl groups is 1. The van der Waals surface area contributed by atoms with Crippen molar-refractivity contribution in [1.82, 2.24) is 20.5 Å². The molecule has 0 bridgehead atoms. The number of nitrogens with one attached hydrogen (secondary N) is 3. The first-order valence-electron chi connectivity index (χ1n) is 17.2. The number of hydrogen-bond acceptors (Lipinski definition) is 7. The molecule has 11 heteroatoms. The number of carbonyl (C=O) groups is 4. The third-order valence-corrected chi connectivity index (χ3v) is 9.22. The third kappa shape index (κ3) is 10.4. The lowest BCUT2D eigenvalue weighted by atomic mass is 9.98. The van der Waals surface area contributed by atoms with Crippen molar-refractivity contribution in [3.63, 3.8) is 0 Å². The molecule has 1 unspecified atom stereocenters. The van der Waals surface area contributed by atoms with Gasteiger partial charge < -0.3 is 36.1 Å². The summed E-state index contributed by atoms with van der Waals surface area (Å²) >= 11 is 0. The van der Waals surface area contributed by atoms with Gasteiger partial charge in [0.15, 0.2) is 0 Å². The van der Waals surface area contributed by atoms with Gasteiger partial charge in [0.05, 0.1) is 18.6 Å². The molecule has 1 aliphatic heterocycles. The largest absolute Gasteiger partial charge is 0.508 e. The number of nitrogens with two attached hydrogens (primary N) is 1. The number of ether oxygens (including phenoxy) is 1. The molecule has 49 heavy (non-hydrogen) atoms. The monoisotopic (exact) mass is 673 g/mol. The highest BCUT2D eigenvalue weighted by Crippen LogP contribution is 2.25. The Labute approximate surface area is 288 Å². The molecule has 1 aromatic heterocycles. The van der Waals surface area contributed by atoms with Gasteiger partial charge in [-0.05, 0) is 88.2 Å². The maximum atomic E-state index is 14.4. The fourth-order valence-electron chi connectivity index (χ4n) is 6.33. The van der Waals surface area contributed by atoms with Crippen LogP contribution in [0.1, 0.15) is 82.9 Å². The van der Waals surface area contributed by atoms with Crippen molar-refractivity contribution in [1.29, 1.82) is 0 Å². The van der Waals surface area contributed by atoms with Gasteiger partial charge in [0.1, 0.15) is 17.8 Å². The van der Waals surface area contributed by atoms with Gasteiger partial charge in [0, 0.05) is 36.5 Å².